The Hall–Kier alpha value is -2.51. The van der Waals surface area contributed by atoms with E-state index in [0.29, 0.717) is 23.8 Å². The van der Waals surface area contributed by atoms with Gasteiger partial charge >= 0.3 is 0 Å². The van der Waals surface area contributed by atoms with Crippen LogP contribution in [-0.2, 0) is 14.4 Å². The zero-order valence-corrected chi connectivity index (χ0v) is 17.8. The lowest BCUT2D eigenvalue weighted by molar-refractivity contribution is -0.135. The Bertz CT molecular complexity index is 969. The number of nitrogens with one attached hydrogen (secondary N) is 2. The van der Waals surface area contributed by atoms with Gasteiger partial charge in [-0.2, -0.15) is 0 Å². The van der Waals surface area contributed by atoms with Gasteiger partial charge in [0.1, 0.15) is 0 Å². The molecule has 1 saturated heterocycles. The van der Waals surface area contributed by atoms with E-state index in [1.165, 1.54) is 11.8 Å². The number of likely N-dealkylation sites (tertiary alicyclic amines) is 1. The Balaban J connectivity index is 1.36. The molecule has 2 aliphatic rings. The molecular weight excluding hydrogens is 422 g/mol. The lowest BCUT2D eigenvalue weighted by Gasteiger charge is -2.33. The molecule has 4 rings (SSSR count). The molecular formula is C22H22ClN3O3S. The molecule has 2 aliphatic heterocycles. The molecule has 0 aromatic heterocycles. The lowest BCUT2D eigenvalue weighted by Crippen LogP contribution is -2.45. The van der Waals surface area contributed by atoms with E-state index in [2.05, 4.69) is 10.6 Å². The van der Waals surface area contributed by atoms with Crippen molar-refractivity contribution < 1.29 is 14.4 Å². The quantitative estimate of drug-likeness (QED) is 0.748. The maximum absolute atomic E-state index is 12.9. The molecule has 6 nitrogen and oxygen atoms in total. The molecule has 156 valence electrons. The van der Waals surface area contributed by atoms with E-state index >= 15 is 0 Å². The van der Waals surface area contributed by atoms with Crippen LogP contribution in [0.5, 0.6) is 0 Å². The Morgan fingerprint density at radius 3 is 2.80 bits per heavy atom. The fourth-order valence-corrected chi connectivity index (χ4v) is 4.98. The normalized spacial score (nSPS) is 20.8. The number of halogens is 1. The first kappa shape index (κ1) is 20.8. The Morgan fingerprint density at radius 2 is 2.00 bits per heavy atom. The standard InChI is InChI=1S/C22H22ClN3O3S/c23-15-8-9-18-17(11-15)25-22(29)19(30-18)12-20(27)26-10-4-5-14(13-26)21(28)24-16-6-2-1-3-7-16/h1-3,6-9,11,14,19H,4-5,10,12-13H2,(H,24,28)(H,25,29)/t14-,19-/m0/s1. The number of nitrogens with zero attached hydrogens (tertiary/aromatic N) is 1. The van der Waals surface area contributed by atoms with Crippen molar-refractivity contribution >= 4 is 52.5 Å². The van der Waals surface area contributed by atoms with Crippen molar-refractivity contribution in [3.63, 3.8) is 0 Å². The maximum atomic E-state index is 12.9. The predicted molar refractivity (Wildman–Crippen MR) is 119 cm³/mol. The summed E-state index contributed by atoms with van der Waals surface area (Å²) in [6.45, 7) is 0.988. The Labute approximate surface area is 184 Å². The van der Waals surface area contributed by atoms with E-state index in [1.807, 2.05) is 36.4 Å². The average molecular weight is 444 g/mol. The van der Waals surface area contributed by atoms with E-state index < -0.39 is 5.25 Å². The first-order valence-electron chi connectivity index (χ1n) is 9.90. The number of amides is 3. The van der Waals surface area contributed by atoms with Gasteiger partial charge in [-0.3, -0.25) is 14.4 Å². The summed E-state index contributed by atoms with van der Waals surface area (Å²) in [5, 5.41) is 5.81. The van der Waals surface area contributed by atoms with Gasteiger partial charge in [0.25, 0.3) is 0 Å². The summed E-state index contributed by atoms with van der Waals surface area (Å²) >= 11 is 7.36. The van der Waals surface area contributed by atoms with Crippen molar-refractivity contribution in [2.75, 3.05) is 23.7 Å². The monoisotopic (exact) mass is 443 g/mol. The molecule has 1 fully saturated rings. The first-order chi connectivity index (χ1) is 14.5. The molecule has 0 bridgehead atoms. The van der Waals surface area contributed by atoms with Crippen LogP contribution in [0.4, 0.5) is 11.4 Å². The van der Waals surface area contributed by atoms with E-state index in [0.717, 1.165) is 23.4 Å². The number of benzene rings is 2. The summed E-state index contributed by atoms with van der Waals surface area (Å²) < 4.78 is 0. The van der Waals surface area contributed by atoms with E-state index in [-0.39, 0.29) is 30.1 Å². The van der Waals surface area contributed by atoms with Crippen molar-refractivity contribution in [3.05, 3.63) is 53.6 Å². The number of rotatable bonds is 4. The highest BCUT2D eigenvalue weighted by molar-refractivity contribution is 8.01. The fraction of sp³-hybridized carbons (Fsp3) is 0.318. The number of piperidine rings is 1. The number of hydrogen-bond acceptors (Lipinski definition) is 4. The molecule has 0 saturated carbocycles. The number of hydrogen-bond donors (Lipinski definition) is 2. The topological polar surface area (TPSA) is 78.5 Å². The summed E-state index contributed by atoms with van der Waals surface area (Å²) in [5.74, 6) is -0.622. The van der Waals surface area contributed by atoms with Crippen LogP contribution >= 0.6 is 23.4 Å². The number of para-hydroxylation sites is 1. The van der Waals surface area contributed by atoms with Crippen molar-refractivity contribution in [2.24, 2.45) is 5.92 Å². The zero-order chi connectivity index (χ0) is 21.1. The van der Waals surface area contributed by atoms with Gasteiger partial charge in [0, 0.05) is 35.1 Å². The van der Waals surface area contributed by atoms with E-state index in [1.54, 1.807) is 17.0 Å². The van der Waals surface area contributed by atoms with Gasteiger partial charge in [-0.1, -0.05) is 29.8 Å². The van der Waals surface area contributed by atoms with Crippen LogP contribution in [0.1, 0.15) is 19.3 Å². The zero-order valence-electron chi connectivity index (χ0n) is 16.3. The molecule has 0 radical (unpaired) electrons. The Kier molecular flexibility index (Phi) is 6.29. The van der Waals surface area contributed by atoms with Crippen molar-refractivity contribution in [1.82, 2.24) is 4.90 Å². The number of thioether (sulfide) groups is 1. The van der Waals surface area contributed by atoms with Gasteiger partial charge in [0.05, 0.1) is 16.9 Å². The molecule has 2 atom stereocenters. The molecule has 30 heavy (non-hydrogen) atoms. The predicted octanol–water partition coefficient (Wildman–Crippen LogP) is 4.02. The van der Waals surface area contributed by atoms with Crippen LogP contribution in [0.25, 0.3) is 0 Å². The van der Waals surface area contributed by atoms with Crippen LogP contribution < -0.4 is 10.6 Å². The molecule has 0 spiro atoms. The third kappa shape index (κ3) is 4.79. The van der Waals surface area contributed by atoms with Gasteiger partial charge in [-0.15, -0.1) is 11.8 Å². The largest absolute Gasteiger partial charge is 0.342 e. The second-order valence-corrected chi connectivity index (χ2v) is 9.16. The van der Waals surface area contributed by atoms with E-state index in [9.17, 15) is 14.4 Å². The fourth-order valence-electron chi connectivity index (χ4n) is 3.73. The van der Waals surface area contributed by atoms with Crippen molar-refractivity contribution in [3.8, 4) is 0 Å². The molecule has 0 aliphatic carbocycles. The maximum Gasteiger partial charge on any atom is 0.238 e. The summed E-state index contributed by atoms with van der Waals surface area (Å²) in [6.07, 6.45) is 1.62. The Morgan fingerprint density at radius 1 is 1.20 bits per heavy atom. The molecule has 3 amide bonds. The molecule has 2 heterocycles. The molecule has 8 heteroatoms. The average Bonchev–Trinajstić information content (AvgIpc) is 2.75. The minimum Gasteiger partial charge on any atom is -0.342 e. The minimum absolute atomic E-state index is 0.0747. The first-order valence-corrected chi connectivity index (χ1v) is 11.2. The van der Waals surface area contributed by atoms with Gasteiger partial charge in [0.15, 0.2) is 0 Å². The van der Waals surface area contributed by atoms with Crippen LogP contribution in [0.2, 0.25) is 5.02 Å². The molecule has 2 aromatic carbocycles. The van der Waals surface area contributed by atoms with Crippen LogP contribution in [0.15, 0.2) is 53.4 Å². The van der Waals surface area contributed by atoms with Crippen LogP contribution in [0.3, 0.4) is 0 Å². The molecule has 0 unspecified atom stereocenters. The number of anilines is 2. The molecule has 2 N–H and O–H groups in total. The number of fused-ring (bicyclic) bond motifs is 1. The molecule has 2 aromatic rings. The highest BCUT2D eigenvalue weighted by Crippen LogP contribution is 2.38. The summed E-state index contributed by atoms with van der Waals surface area (Å²) in [6, 6.07) is 14.6. The highest BCUT2D eigenvalue weighted by Gasteiger charge is 2.33. The van der Waals surface area contributed by atoms with Gasteiger partial charge in [-0.05, 0) is 43.2 Å². The third-order valence-corrected chi connectivity index (χ3v) is 6.82. The highest BCUT2D eigenvalue weighted by atomic mass is 35.5. The number of carbonyl (C=O) groups excluding carboxylic acids is 3. The van der Waals surface area contributed by atoms with Crippen molar-refractivity contribution in [1.29, 1.82) is 0 Å². The van der Waals surface area contributed by atoms with Crippen LogP contribution in [-0.4, -0.2) is 41.0 Å². The van der Waals surface area contributed by atoms with Gasteiger partial charge < -0.3 is 15.5 Å². The number of carbonyl (C=O) groups is 3. The SMILES string of the molecule is O=C(Nc1ccccc1)[C@H]1CCCN(C(=O)C[C@@H]2Sc3ccc(Cl)cc3NC2=O)C1. The van der Waals surface area contributed by atoms with E-state index in [4.69, 9.17) is 11.6 Å². The summed E-state index contributed by atoms with van der Waals surface area (Å²) in [5.41, 5.74) is 1.43. The second-order valence-electron chi connectivity index (χ2n) is 7.47. The smallest absolute Gasteiger partial charge is 0.238 e. The van der Waals surface area contributed by atoms with Crippen LogP contribution in [0, 0.1) is 5.92 Å². The lowest BCUT2D eigenvalue weighted by atomic mass is 9.96. The minimum atomic E-state index is -0.496. The summed E-state index contributed by atoms with van der Waals surface area (Å²) in [4.78, 5) is 40.6. The second kappa shape index (κ2) is 9.10. The van der Waals surface area contributed by atoms with Crippen molar-refractivity contribution in [2.45, 2.75) is 29.4 Å². The third-order valence-electron chi connectivity index (χ3n) is 5.31. The van der Waals surface area contributed by atoms with Gasteiger partial charge in [0.2, 0.25) is 17.7 Å². The van der Waals surface area contributed by atoms with Gasteiger partial charge in [-0.25, -0.2) is 0 Å². The summed E-state index contributed by atoms with van der Waals surface area (Å²) in [7, 11) is 0.